The third-order valence-corrected chi connectivity index (χ3v) is 5.41. The van der Waals surface area contributed by atoms with E-state index in [0.717, 1.165) is 28.9 Å². The molecule has 1 aromatic heterocycles. The van der Waals surface area contributed by atoms with Crippen LogP contribution < -0.4 is 4.90 Å². The number of rotatable bonds is 4. The number of carbonyl (C=O) groups is 1. The van der Waals surface area contributed by atoms with Gasteiger partial charge in [0.15, 0.2) is 0 Å². The number of benzene rings is 1. The van der Waals surface area contributed by atoms with Gasteiger partial charge in [-0.2, -0.15) is 5.26 Å². The van der Waals surface area contributed by atoms with Crippen molar-refractivity contribution in [1.82, 2.24) is 4.98 Å². The SMILES string of the molecule is Cc1cc(C)c(C#N)c(SCC(=O)N2CCCc3cc([N+](=O)[O-])ccc32)n1. The van der Waals surface area contributed by atoms with Gasteiger partial charge in [0.05, 0.1) is 16.2 Å². The second kappa shape index (κ2) is 7.76. The maximum atomic E-state index is 12.8. The second-order valence-electron chi connectivity index (χ2n) is 6.38. The lowest BCUT2D eigenvalue weighted by molar-refractivity contribution is -0.384. The van der Waals surface area contributed by atoms with Crippen LogP contribution >= 0.6 is 11.8 Å². The molecule has 2 aromatic rings. The summed E-state index contributed by atoms with van der Waals surface area (Å²) in [5.74, 6) is 0.0562. The van der Waals surface area contributed by atoms with Crippen molar-refractivity contribution < 1.29 is 9.72 Å². The summed E-state index contributed by atoms with van der Waals surface area (Å²) < 4.78 is 0. The number of nitrogens with zero attached hydrogens (tertiary/aromatic N) is 4. The number of nitro groups is 1. The number of nitro benzene ring substituents is 1. The maximum Gasteiger partial charge on any atom is 0.269 e. The molecule has 138 valence electrons. The summed E-state index contributed by atoms with van der Waals surface area (Å²) in [6, 6.07) is 8.61. The number of carbonyl (C=O) groups excluding carboxylic acids is 1. The van der Waals surface area contributed by atoms with Gasteiger partial charge in [-0.15, -0.1) is 0 Å². The molecule has 0 saturated carbocycles. The Morgan fingerprint density at radius 1 is 1.41 bits per heavy atom. The molecule has 3 rings (SSSR count). The Labute approximate surface area is 161 Å². The van der Waals surface area contributed by atoms with Crippen molar-refractivity contribution in [3.8, 4) is 6.07 Å². The number of nitriles is 1. The first-order valence-corrected chi connectivity index (χ1v) is 9.48. The quantitative estimate of drug-likeness (QED) is 0.455. The third-order valence-electron chi connectivity index (χ3n) is 4.45. The number of hydrogen-bond acceptors (Lipinski definition) is 6. The van der Waals surface area contributed by atoms with Crippen LogP contribution in [0.1, 0.15) is 28.8 Å². The van der Waals surface area contributed by atoms with Crippen molar-refractivity contribution >= 4 is 29.0 Å². The van der Waals surface area contributed by atoms with Crippen LogP contribution in [-0.4, -0.2) is 28.1 Å². The van der Waals surface area contributed by atoms with Gasteiger partial charge in [-0.05, 0) is 49.9 Å². The summed E-state index contributed by atoms with van der Waals surface area (Å²) in [5, 5.41) is 20.9. The Hall–Kier alpha value is -2.92. The van der Waals surface area contributed by atoms with Gasteiger partial charge in [-0.25, -0.2) is 4.98 Å². The summed E-state index contributed by atoms with van der Waals surface area (Å²) >= 11 is 1.25. The van der Waals surface area contributed by atoms with Crippen LogP contribution in [0.25, 0.3) is 0 Å². The van der Waals surface area contributed by atoms with E-state index in [1.54, 1.807) is 17.0 Å². The van der Waals surface area contributed by atoms with E-state index in [2.05, 4.69) is 11.1 Å². The van der Waals surface area contributed by atoms with Crippen LogP contribution in [0.3, 0.4) is 0 Å². The summed E-state index contributed by atoms with van der Waals surface area (Å²) in [4.78, 5) is 29.4. The number of hydrogen-bond donors (Lipinski definition) is 0. The fraction of sp³-hybridized carbons (Fsp3) is 0.316. The highest BCUT2D eigenvalue weighted by molar-refractivity contribution is 8.00. The molecular formula is C19H18N4O3S. The van der Waals surface area contributed by atoms with Crippen molar-refractivity contribution in [1.29, 1.82) is 5.26 Å². The minimum absolute atomic E-state index is 0.0375. The zero-order chi connectivity index (χ0) is 19.6. The number of non-ortho nitro benzene ring substituents is 1. The molecule has 0 aliphatic carbocycles. The molecule has 0 fully saturated rings. The first-order valence-electron chi connectivity index (χ1n) is 8.49. The molecule has 1 aromatic carbocycles. The third kappa shape index (κ3) is 3.93. The molecule has 0 bridgehead atoms. The molecular weight excluding hydrogens is 364 g/mol. The normalized spacial score (nSPS) is 13.0. The Kier molecular flexibility index (Phi) is 5.42. The van der Waals surface area contributed by atoms with Gasteiger partial charge in [-0.3, -0.25) is 14.9 Å². The standard InChI is InChI=1S/C19H18N4O3S/c1-12-8-13(2)21-19(16(12)10-20)27-11-18(24)22-7-3-4-14-9-15(23(25)26)5-6-17(14)22/h5-6,8-9H,3-4,7,11H2,1-2H3. The van der Waals surface area contributed by atoms with E-state index in [4.69, 9.17) is 0 Å². The van der Waals surface area contributed by atoms with Gasteiger partial charge in [0.2, 0.25) is 5.91 Å². The van der Waals surface area contributed by atoms with E-state index in [9.17, 15) is 20.2 Å². The second-order valence-corrected chi connectivity index (χ2v) is 7.34. The molecule has 8 heteroatoms. The van der Waals surface area contributed by atoms with E-state index in [-0.39, 0.29) is 17.3 Å². The first kappa shape index (κ1) is 18.9. The van der Waals surface area contributed by atoms with Crippen LogP contribution in [0.15, 0.2) is 29.3 Å². The van der Waals surface area contributed by atoms with Crippen LogP contribution in [0.4, 0.5) is 11.4 Å². The molecule has 1 aliphatic rings. The number of aromatic nitrogens is 1. The Morgan fingerprint density at radius 2 is 2.19 bits per heavy atom. The predicted octanol–water partition coefficient (Wildman–Crippen LogP) is 3.55. The van der Waals surface area contributed by atoms with Crippen LogP contribution in [0, 0.1) is 35.3 Å². The van der Waals surface area contributed by atoms with E-state index in [1.807, 2.05) is 19.9 Å². The summed E-state index contributed by atoms with van der Waals surface area (Å²) in [5.41, 5.74) is 3.72. The van der Waals surface area contributed by atoms with E-state index >= 15 is 0 Å². The molecule has 1 amide bonds. The van der Waals surface area contributed by atoms with Gasteiger partial charge >= 0.3 is 0 Å². The molecule has 1 aliphatic heterocycles. The lowest BCUT2D eigenvalue weighted by atomic mass is 10.0. The minimum Gasteiger partial charge on any atom is -0.311 e. The smallest absolute Gasteiger partial charge is 0.269 e. The summed E-state index contributed by atoms with van der Waals surface area (Å²) in [6.07, 6.45) is 1.47. The zero-order valence-corrected chi connectivity index (χ0v) is 15.9. The number of fused-ring (bicyclic) bond motifs is 1. The highest BCUT2D eigenvalue weighted by Gasteiger charge is 2.25. The molecule has 7 nitrogen and oxygen atoms in total. The average molecular weight is 382 g/mol. The number of anilines is 1. The van der Waals surface area contributed by atoms with Gasteiger partial charge in [-0.1, -0.05) is 11.8 Å². The topological polar surface area (TPSA) is 100 Å². The molecule has 0 saturated heterocycles. The molecule has 0 radical (unpaired) electrons. The van der Waals surface area contributed by atoms with Crippen molar-refractivity contribution in [2.75, 3.05) is 17.2 Å². The van der Waals surface area contributed by atoms with Crippen molar-refractivity contribution in [2.24, 2.45) is 0 Å². The monoisotopic (exact) mass is 382 g/mol. The van der Waals surface area contributed by atoms with Crippen LogP contribution in [-0.2, 0) is 11.2 Å². The van der Waals surface area contributed by atoms with Gasteiger partial charge < -0.3 is 4.90 Å². The average Bonchev–Trinajstić information content (AvgIpc) is 2.64. The lowest BCUT2D eigenvalue weighted by Gasteiger charge is -2.29. The fourth-order valence-electron chi connectivity index (χ4n) is 3.21. The lowest BCUT2D eigenvalue weighted by Crippen LogP contribution is -2.36. The first-order chi connectivity index (χ1) is 12.9. The van der Waals surface area contributed by atoms with Gasteiger partial charge in [0.1, 0.15) is 11.1 Å². The number of amides is 1. The number of thioether (sulfide) groups is 1. The predicted molar refractivity (Wildman–Crippen MR) is 103 cm³/mol. The maximum absolute atomic E-state index is 12.8. The Bertz CT molecular complexity index is 968. The molecule has 0 unspecified atom stereocenters. The summed E-state index contributed by atoms with van der Waals surface area (Å²) in [7, 11) is 0. The van der Waals surface area contributed by atoms with Crippen LogP contribution in [0.2, 0.25) is 0 Å². The minimum atomic E-state index is -0.425. The molecule has 0 atom stereocenters. The van der Waals surface area contributed by atoms with Crippen molar-refractivity contribution in [2.45, 2.75) is 31.7 Å². The van der Waals surface area contributed by atoms with E-state index < -0.39 is 4.92 Å². The molecule has 0 spiro atoms. The molecule has 0 N–H and O–H groups in total. The van der Waals surface area contributed by atoms with Gasteiger partial charge in [0, 0.05) is 30.1 Å². The van der Waals surface area contributed by atoms with E-state index in [1.165, 1.54) is 17.8 Å². The molecule has 27 heavy (non-hydrogen) atoms. The highest BCUT2D eigenvalue weighted by atomic mass is 32.2. The number of pyridine rings is 1. The highest BCUT2D eigenvalue weighted by Crippen LogP contribution is 2.32. The van der Waals surface area contributed by atoms with E-state index in [0.29, 0.717) is 23.6 Å². The summed E-state index contributed by atoms with van der Waals surface area (Å²) in [6.45, 7) is 4.29. The fourth-order valence-corrected chi connectivity index (χ4v) is 4.18. The van der Waals surface area contributed by atoms with Crippen molar-refractivity contribution in [3.05, 3.63) is 56.8 Å². The Balaban J connectivity index is 1.79. The van der Waals surface area contributed by atoms with Gasteiger partial charge in [0.25, 0.3) is 5.69 Å². The number of aryl methyl sites for hydroxylation is 3. The Morgan fingerprint density at radius 3 is 2.89 bits per heavy atom. The van der Waals surface area contributed by atoms with Crippen molar-refractivity contribution in [3.63, 3.8) is 0 Å². The largest absolute Gasteiger partial charge is 0.311 e. The molecule has 2 heterocycles. The zero-order valence-electron chi connectivity index (χ0n) is 15.1. The van der Waals surface area contributed by atoms with Crippen LogP contribution in [0.5, 0.6) is 0 Å².